The van der Waals surface area contributed by atoms with Crippen LogP contribution >= 0.6 is 11.8 Å². The van der Waals surface area contributed by atoms with E-state index in [1.807, 2.05) is 6.26 Å². The van der Waals surface area contributed by atoms with Crippen LogP contribution in [0.4, 0.5) is 10.1 Å². The van der Waals surface area contributed by atoms with Crippen LogP contribution in [0.3, 0.4) is 0 Å². The summed E-state index contributed by atoms with van der Waals surface area (Å²) in [6.45, 7) is 0.261. The van der Waals surface area contributed by atoms with Crippen LogP contribution in [0.5, 0.6) is 0 Å². The van der Waals surface area contributed by atoms with Crippen molar-refractivity contribution in [3.8, 4) is 0 Å². The third kappa shape index (κ3) is 5.40. The van der Waals surface area contributed by atoms with Gasteiger partial charge in [-0.1, -0.05) is 12.1 Å². The molecule has 0 saturated carbocycles. The van der Waals surface area contributed by atoms with E-state index in [9.17, 15) is 17.6 Å². The molecular formula is C22H21FN2O3S2. The van der Waals surface area contributed by atoms with Gasteiger partial charge in [0.15, 0.2) is 0 Å². The molecule has 0 heterocycles. The van der Waals surface area contributed by atoms with Crippen LogP contribution < -0.4 is 4.72 Å². The average Bonchev–Trinajstić information content (AvgIpc) is 2.73. The first-order valence-electron chi connectivity index (χ1n) is 9.05. The number of amides is 1. The molecule has 1 amide bonds. The average molecular weight is 445 g/mol. The number of hydrogen-bond donors (Lipinski definition) is 1. The van der Waals surface area contributed by atoms with Gasteiger partial charge in [-0.05, 0) is 72.5 Å². The summed E-state index contributed by atoms with van der Waals surface area (Å²) >= 11 is 1.53. The second-order valence-electron chi connectivity index (χ2n) is 6.65. The SMILES string of the molecule is CSc1ccc(S(=O)(=O)Nc2ccc(C(=O)N(C)Cc3cccc(F)c3)cc2)cc1. The number of halogens is 1. The van der Waals surface area contributed by atoms with Crippen molar-refractivity contribution in [1.82, 2.24) is 4.90 Å². The second kappa shape index (κ2) is 9.32. The summed E-state index contributed by atoms with van der Waals surface area (Å²) in [6, 6.07) is 18.8. The Hall–Kier alpha value is -2.84. The number of rotatable bonds is 7. The summed E-state index contributed by atoms with van der Waals surface area (Å²) in [7, 11) is -2.10. The lowest BCUT2D eigenvalue weighted by atomic mass is 10.1. The number of carbonyl (C=O) groups excluding carboxylic acids is 1. The second-order valence-corrected chi connectivity index (χ2v) is 9.21. The highest BCUT2D eigenvalue weighted by Crippen LogP contribution is 2.21. The van der Waals surface area contributed by atoms with Crippen LogP contribution in [0.15, 0.2) is 82.6 Å². The molecule has 0 fully saturated rings. The van der Waals surface area contributed by atoms with Crippen molar-refractivity contribution in [3.05, 3.63) is 89.7 Å². The quantitative estimate of drug-likeness (QED) is 0.540. The standard InChI is InChI=1S/C22H21FN2O3S2/c1-25(15-16-4-3-5-18(23)14-16)22(26)17-6-8-19(9-7-17)24-30(27,28)21-12-10-20(29-2)11-13-21/h3-14,24H,15H2,1-2H3. The molecule has 1 N–H and O–H groups in total. The minimum absolute atomic E-state index is 0.162. The Morgan fingerprint density at radius 1 is 1.03 bits per heavy atom. The fourth-order valence-electron chi connectivity index (χ4n) is 2.85. The molecule has 5 nitrogen and oxygen atoms in total. The first kappa shape index (κ1) is 21.9. The smallest absolute Gasteiger partial charge is 0.261 e. The van der Waals surface area contributed by atoms with Crippen molar-refractivity contribution in [1.29, 1.82) is 0 Å². The van der Waals surface area contributed by atoms with Gasteiger partial charge in [0.2, 0.25) is 0 Å². The van der Waals surface area contributed by atoms with Crippen molar-refractivity contribution in [3.63, 3.8) is 0 Å². The van der Waals surface area contributed by atoms with Crippen molar-refractivity contribution in [2.75, 3.05) is 18.0 Å². The van der Waals surface area contributed by atoms with Crippen LogP contribution in [0.2, 0.25) is 0 Å². The van der Waals surface area contributed by atoms with E-state index in [0.717, 1.165) is 4.90 Å². The first-order chi connectivity index (χ1) is 14.3. The summed E-state index contributed by atoms with van der Waals surface area (Å²) < 4.78 is 40.9. The molecule has 156 valence electrons. The number of nitrogens with one attached hydrogen (secondary N) is 1. The molecule has 0 spiro atoms. The minimum Gasteiger partial charge on any atom is -0.337 e. The van der Waals surface area contributed by atoms with Gasteiger partial charge in [-0.3, -0.25) is 9.52 Å². The molecule has 0 aliphatic rings. The van der Waals surface area contributed by atoms with E-state index >= 15 is 0 Å². The summed E-state index contributed by atoms with van der Waals surface area (Å²) in [5.74, 6) is -0.602. The summed E-state index contributed by atoms with van der Waals surface area (Å²) in [4.78, 5) is 15.2. The van der Waals surface area contributed by atoms with Crippen molar-refractivity contribution in [2.24, 2.45) is 0 Å². The van der Waals surface area contributed by atoms with Gasteiger partial charge in [-0.2, -0.15) is 0 Å². The topological polar surface area (TPSA) is 66.5 Å². The van der Waals surface area contributed by atoms with E-state index in [2.05, 4.69) is 4.72 Å². The third-order valence-corrected chi connectivity index (χ3v) is 6.55. The number of anilines is 1. The van der Waals surface area contributed by atoms with Gasteiger partial charge in [0.1, 0.15) is 5.82 Å². The highest BCUT2D eigenvalue weighted by atomic mass is 32.2. The lowest BCUT2D eigenvalue weighted by Gasteiger charge is -2.17. The Morgan fingerprint density at radius 2 is 1.70 bits per heavy atom. The number of thioether (sulfide) groups is 1. The molecule has 0 bridgehead atoms. The largest absolute Gasteiger partial charge is 0.337 e. The van der Waals surface area contributed by atoms with Crippen LogP contribution in [0.25, 0.3) is 0 Å². The molecule has 0 aliphatic heterocycles. The van der Waals surface area contributed by atoms with Gasteiger partial charge in [0.25, 0.3) is 15.9 Å². The molecule has 3 rings (SSSR count). The number of hydrogen-bond acceptors (Lipinski definition) is 4. The maximum atomic E-state index is 13.3. The monoisotopic (exact) mass is 444 g/mol. The number of nitrogens with zero attached hydrogens (tertiary/aromatic N) is 1. The summed E-state index contributed by atoms with van der Waals surface area (Å²) in [5, 5.41) is 0. The van der Waals surface area contributed by atoms with Gasteiger partial charge < -0.3 is 4.90 Å². The fourth-order valence-corrected chi connectivity index (χ4v) is 4.32. The van der Waals surface area contributed by atoms with Crippen molar-refractivity contribution >= 4 is 33.4 Å². The lowest BCUT2D eigenvalue weighted by molar-refractivity contribution is 0.0785. The molecular weight excluding hydrogens is 423 g/mol. The Balaban J connectivity index is 1.68. The van der Waals surface area contributed by atoms with E-state index < -0.39 is 10.0 Å². The van der Waals surface area contributed by atoms with Gasteiger partial charge in [0.05, 0.1) is 4.90 Å². The molecule has 3 aromatic carbocycles. The molecule has 0 atom stereocenters. The van der Waals surface area contributed by atoms with Gasteiger partial charge >= 0.3 is 0 Å². The normalized spacial score (nSPS) is 11.2. The Morgan fingerprint density at radius 3 is 2.30 bits per heavy atom. The first-order valence-corrected chi connectivity index (χ1v) is 11.8. The van der Waals surface area contributed by atoms with Crippen molar-refractivity contribution < 1.29 is 17.6 Å². The molecule has 0 aromatic heterocycles. The van der Waals surface area contributed by atoms with Gasteiger partial charge in [-0.15, -0.1) is 11.8 Å². The molecule has 0 aliphatic carbocycles. The van der Waals surface area contributed by atoms with Crippen LogP contribution in [-0.4, -0.2) is 32.5 Å². The molecule has 0 radical (unpaired) electrons. The molecule has 0 saturated heterocycles. The predicted molar refractivity (Wildman–Crippen MR) is 118 cm³/mol. The molecule has 3 aromatic rings. The number of benzene rings is 3. The van der Waals surface area contributed by atoms with E-state index in [0.29, 0.717) is 16.8 Å². The zero-order chi connectivity index (χ0) is 21.7. The summed E-state index contributed by atoms with van der Waals surface area (Å²) in [5.41, 5.74) is 1.44. The predicted octanol–water partition coefficient (Wildman–Crippen LogP) is 4.62. The molecule has 0 unspecified atom stereocenters. The number of carbonyl (C=O) groups is 1. The van der Waals surface area contributed by atoms with E-state index in [4.69, 9.17) is 0 Å². The molecule has 30 heavy (non-hydrogen) atoms. The number of sulfonamides is 1. The Labute approximate surface area is 180 Å². The van der Waals surface area contributed by atoms with Crippen molar-refractivity contribution in [2.45, 2.75) is 16.3 Å². The zero-order valence-corrected chi connectivity index (χ0v) is 18.1. The van der Waals surface area contributed by atoms with E-state index in [1.165, 1.54) is 40.9 Å². The maximum Gasteiger partial charge on any atom is 0.261 e. The maximum absolute atomic E-state index is 13.3. The Bertz CT molecular complexity index is 1130. The highest BCUT2D eigenvalue weighted by Gasteiger charge is 2.16. The fraction of sp³-hybridized carbons (Fsp3) is 0.136. The van der Waals surface area contributed by atoms with Crippen LogP contribution in [0.1, 0.15) is 15.9 Å². The van der Waals surface area contributed by atoms with E-state index in [-0.39, 0.29) is 23.2 Å². The van der Waals surface area contributed by atoms with Crippen LogP contribution in [-0.2, 0) is 16.6 Å². The zero-order valence-electron chi connectivity index (χ0n) is 16.5. The third-order valence-electron chi connectivity index (χ3n) is 4.41. The summed E-state index contributed by atoms with van der Waals surface area (Å²) in [6.07, 6.45) is 1.92. The van der Waals surface area contributed by atoms with E-state index in [1.54, 1.807) is 55.6 Å². The van der Waals surface area contributed by atoms with Gasteiger partial charge in [-0.25, -0.2) is 12.8 Å². The lowest BCUT2D eigenvalue weighted by Crippen LogP contribution is -2.26. The van der Waals surface area contributed by atoms with Crippen LogP contribution in [0, 0.1) is 5.82 Å². The Kier molecular flexibility index (Phi) is 6.79. The molecule has 8 heteroatoms. The minimum atomic E-state index is -3.72. The highest BCUT2D eigenvalue weighted by molar-refractivity contribution is 7.98. The van der Waals surface area contributed by atoms with Gasteiger partial charge in [0, 0.05) is 29.7 Å².